The fraction of sp³-hybridized carbons (Fsp3) is 0.316. The summed E-state index contributed by atoms with van der Waals surface area (Å²) in [6.45, 7) is 2.39. The van der Waals surface area contributed by atoms with Gasteiger partial charge in [-0.3, -0.25) is 4.79 Å². The minimum absolute atomic E-state index is 0. The van der Waals surface area contributed by atoms with E-state index in [0.717, 1.165) is 43.0 Å². The van der Waals surface area contributed by atoms with E-state index in [1.54, 1.807) is 0 Å². The number of ether oxygens (including phenoxy) is 1. The molecule has 1 heterocycles. The summed E-state index contributed by atoms with van der Waals surface area (Å²) in [5.74, 6) is 1.88. The number of carbonyl (C=O) groups is 1. The van der Waals surface area contributed by atoms with E-state index in [1.807, 2.05) is 54.6 Å². The molecule has 4 nitrogen and oxygen atoms in total. The minimum Gasteiger partial charge on any atom is -0.457 e. The van der Waals surface area contributed by atoms with Gasteiger partial charge in [0, 0.05) is 12.5 Å². The Labute approximate surface area is 149 Å². The second kappa shape index (κ2) is 9.30. The number of hydrogen-bond acceptors (Lipinski definition) is 3. The summed E-state index contributed by atoms with van der Waals surface area (Å²) in [7, 11) is 0. The average Bonchev–Trinajstić information content (AvgIpc) is 2.62. The van der Waals surface area contributed by atoms with Crippen molar-refractivity contribution >= 4 is 18.3 Å². The molecule has 0 aromatic heterocycles. The number of amides is 1. The third-order valence-electron chi connectivity index (χ3n) is 4.05. The van der Waals surface area contributed by atoms with E-state index < -0.39 is 0 Å². The van der Waals surface area contributed by atoms with Crippen LogP contribution in [0.4, 0.5) is 0 Å². The minimum atomic E-state index is 0. The molecule has 0 saturated carbocycles. The molecular formula is C19H23ClN2O2. The molecule has 0 spiro atoms. The number of para-hydroxylation sites is 1. The SMILES string of the molecule is Cl.O=C(NCc1cccc(Oc2ccccc2)c1)C1CCNCC1. The summed E-state index contributed by atoms with van der Waals surface area (Å²) < 4.78 is 5.82. The topological polar surface area (TPSA) is 50.4 Å². The van der Waals surface area contributed by atoms with Gasteiger partial charge in [0.2, 0.25) is 5.91 Å². The Morgan fingerprint density at radius 1 is 1.04 bits per heavy atom. The maximum atomic E-state index is 12.2. The number of halogens is 1. The monoisotopic (exact) mass is 346 g/mol. The molecule has 0 radical (unpaired) electrons. The van der Waals surface area contributed by atoms with Crippen LogP contribution in [-0.2, 0) is 11.3 Å². The molecule has 128 valence electrons. The molecule has 2 aromatic rings. The summed E-state index contributed by atoms with van der Waals surface area (Å²) in [5, 5.41) is 6.31. The lowest BCUT2D eigenvalue weighted by atomic mass is 9.97. The molecule has 24 heavy (non-hydrogen) atoms. The standard InChI is InChI=1S/C19H22N2O2.ClH/c22-19(16-9-11-20-12-10-16)21-14-15-5-4-8-18(13-15)23-17-6-2-1-3-7-17;/h1-8,13,16,20H,9-12,14H2,(H,21,22);1H. The van der Waals surface area contributed by atoms with Gasteiger partial charge in [-0.2, -0.15) is 0 Å². The van der Waals surface area contributed by atoms with Gasteiger partial charge in [-0.05, 0) is 55.8 Å². The summed E-state index contributed by atoms with van der Waals surface area (Å²) >= 11 is 0. The van der Waals surface area contributed by atoms with Crippen LogP contribution in [0.1, 0.15) is 18.4 Å². The number of nitrogens with one attached hydrogen (secondary N) is 2. The van der Waals surface area contributed by atoms with Crippen molar-refractivity contribution in [3.8, 4) is 11.5 Å². The van der Waals surface area contributed by atoms with Gasteiger partial charge in [-0.25, -0.2) is 0 Å². The molecule has 0 atom stereocenters. The lowest BCUT2D eigenvalue weighted by Gasteiger charge is -2.21. The average molecular weight is 347 g/mol. The van der Waals surface area contributed by atoms with E-state index in [1.165, 1.54) is 0 Å². The Hall–Kier alpha value is -2.04. The summed E-state index contributed by atoms with van der Waals surface area (Å²) in [5.41, 5.74) is 1.04. The Balaban J connectivity index is 0.00000208. The van der Waals surface area contributed by atoms with E-state index in [2.05, 4.69) is 10.6 Å². The molecule has 2 aromatic carbocycles. The van der Waals surface area contributed by atoms with Crippen molar-refractivity contribution in [1.29, 1.82) is 0 Å². The predicted octanol–water partition coefficient (Wildman–Crippen LogP) is 3.52. The molecule has 1 saturated heterocycles. The Bertz CT molecular complexity index is 643. The number of piperidine rings is 1. The molecular weight excluding hydrogens is 324 g/mol. The molecule has 1 aliphatic heterocycles. The van der Waals surface area contributed by atoms with Crippen molar-refractivity contribution in [1.82, 2.24) is 10.6 Å². The Kier molecular flexibility index (Phi) is 7.09. The second-order valence-corrected chi connectivity index (χ2v) is 5.80. The fourth-order valence-electron chi connectivity index (χ4n) is 2.76. The van der Waals surface area contributed by atoms with Crippen LogP contribution in [0.25, 0.3) is 0 Å². The van der Waals surface area contributed by atoms with Crippen LogP contribution in [0.3, 0.4) is 0 Å². The molecule has 1 aliphatic rings. The van der Waals surface area contributed by atoms with Crippen molar-refractivity contribution in [3.05, 3.63) is 60.2 Å². The van der Waals surface area contributed by atoms with Crippen LogP contribution in [0.5, 0.6) is 11.5 Å². The molecule has 0 aliphatic carbocycles. The Morgan fingerprint density at radius 2 is 1.75 bits per heavy atom. The lowest BCUT2D eigenvalue weighted by molar-refractivity contribution is -0.125. The van der Waals surface area contributed by atoms with Crippen molar-refractivity contribution in [2.45, 2.75) is 19.4 Å². The van der Waals surface area contributed by atoms with Crippen LogP contribution >= 0.6 is 12.4 Å². The largest absolute Gasteiger partial charge is 0.457 e. The third kappa shape index (κ3) is 5.25. The number of rotatable bonds is 5. The van der Waals surface area contributed by atoms with Crippen molar-refractivity contribution < 1.29 is 9.53 Å². The first kappa shape index (κ1) is 18.3. The van der Waals surface area contributed by atoms with E-state index in [4.69, 9.17) is 4.74 Å². The molecule has 2 N–H and O–H groups in total. The first-order chi connectivity index (χ1) is 11.3. The normalized spacial score (nSPS) is 14.5. The van der Waals surface area contributed by atoms with E-state index in [-0.39, 0.29) is 24.2 Å². The highest BCUT2D eigenvalue weighted by Gasteiger charge is 2.20. The predicted molar refractivity (Wildman–Crippen MR) is 97.6 cm³/mol. The highest BCUT2D eigenvalue weighted by atomic mass is 35.5. The molecule has 0 unspecified atom stereocenters. The number of hydrogen-bond donors (Lipinski definition) is 2. The number of benzene rings is 2. The zero-order chi connectivity index (χ0) is 15.9. The van der Waals surface area contributed by atoms with Crippen LogP contribution < -0.4 is 15.4 Å². The van der Waals surface area contributed by atoms with Gasteiger partial charge in [-0.15, -0.1) is 12.4 Å². The van der Waals surface area contributed by atoms with Gasteiger partial charge in [0.1, 0.15) is 11.5 Å². The maximum absolute atomic E-state index is 12.2. The summed E-state index contributed by atoms with van der Waals surface area (Å²) in [6.07, 6.45) is 1.84. The van der Waals surface area contributed by atoms with Gasteiger partial charge in [0.05, 0.1) is 0 Å². The van der Waals surface area contributed by atoms with Gasteiger partial charge >= 0.3 is 0 Å². The molecule has 1 amide bonds. The summed E-state index contributed by atoms with van der Waals surface area (Å²) in [6, 6.07) is 17.5. The van der Waals surface area contributed by atoms with Crippen molar-refractivity contribution in [3.63, 3.8) is 0 Å². The molecule has 0 bridgehead atoms. The van der Waals surface area contributed by atoms with Crippen LogP contribution in [-0.4, -0.2) is 19.0 Å². The van der Waals surface area contributed by atoms with Gasteiger partial charge < -0.3 is 15.4 Å². The lowest BCUT2D eigenvalue weighted by Crippen LogP contribution is -2.37. The van der Waals surface area contributed by atoms with Gasteiger partial charge in [-0.1, -0.05) is 30.3 Å². The zero-order valence-electron chi connectivity index (χ0n) is 13.5. The smallest absolute Gasteiger partial charge is 0.223 e. The number of carbonyl (C=O) groups excluding carboxylic acids is 1. The van der Waals surface area contributed by atoms with Crippen LogP contribution in [0.15, 0.2) is 54.6 Å². The summed E-state index contributed by atoms with van der Waals surface area (Å²) in [4.78, 5) is 12.2. The molecule has 1 fully saturated rings. The molecule has 5 heteroatoms. The first-order valence-corrected chi connectivity index (χ1v) is 8.11. The third-order valence-corrected chi connectivity index (χ3v) is 4.05. The quantitative estimate of drug-likeness (QED) is 0.871. The fourth-order valence-corrected chi connectivity index (χ4v) is 2.76. The molecule has 3 rings (SSSR count). The van der Waals surface area contributed by atoms with E-state index >= 15 is 0 Å². The second-order valence-electron chi connectivity index (χ2n) is 5.80. The van der Waals surface area contributed by atoms with Gasteiger partial charge in [0.25, 0.3) is 0 Å². The van der Waals surface area contributed by atoms with Crippen molar-refractivity contribution in [2.75, 3.05) is 13.1 Å². The van der Waals surface area contributed by atoms with E-state index in [9.17, 15) is 4.79 Å². The highest BCUT2D eigenvalue weighted by Crippen LogP contribution is 2.22. The Morgan fingerprint density at radius 3 is 2.50 bits per heavy atom. The van der Waals surface area contributed by atoms with E-state index in [0.29, 0.717) is 6.54 Å². The van der Waals surface area contributed by atoms with Crippen LogP contribution in [0.2, 0.25) is 0 Å². The van der Waals surface area contributed by atoms with Crippen LogP contribution in [0, 0.1) is 5.92 Å². The van der Waals surface area contributed by atoms with Gasteiger partial charge in [0.15, 0.2) is 0 Å². The van der Waals surface area contributed by atoms with Crippen molar-refractivity contribution in [2.24, 2.45) is 5.92 Å². The zero-order valence-corrected chi connectivity index (χ0v) is 14.4. The first-order valence-electron chi connectivity index (χ1n) is 8.11. The maximum Gasteiger partial charge on any atom is 0.223 e. The highest BCUT2D eigenvalue weighted by molar-refractivity contribution is 5.85.